The van der Waals surface area contributed by atoms with Crippen LogP contribution in [0.15, 0.2) is 36.4 Å². The molecule has 0 bridgehead atoms. The van der Waals surface area contributed by atoms with Crippen molar-refractivity contribution >= 4 is 18.8 Å². The van der Waals surface area contributed by atoms with Crippen molar-refractivity contribution in [1.29, 1.82) is 0 Å². The molecule has 0 aliphatic carbocycles. The number of nitrogens with zero attached hydrogens (tertiary/aromatic N) is 1. The molecule has 1 aromatic heterocycles. The van der Waals surface area contributed by atoms with Gasteiger partial charge in [0, 0.05) is 21.1 Å². The molecule has 170 valence electrons. The average Bonchev–Trinajstić information content (AvgIpc) is 2.70. The van der Waals surface area contributed by atoms with Crippen LogP contribution in [0.25, 0.3) is 22.0 Å². The summed E-state index contributed by atoms with van der Waals surface area (Å²) >= 11 is 0. The van der Waals surface area contributed by atoms with E-state index in [0.717, 1.165) is 5.92 Å². The van der Waals surface area contributed by atoms with Gasteiger partial charge in [-0.3, -0.25) is 0 Å². The third kappa shape index (κ3) is 4.31. The summed E-state index contributed by atoms with van der Waals surface area (Å²) in [5.74, 6) is 0.742. The number of aromatic nitrogens is 1. The van der Waals surface area contributed by atoms with Crippen molar-refractivity contribution in [3.05, 3.63) is 64.3 Å². The average molecular weight is 445 g/mol. The van der Waals surface area contributed by atoms with Gasteiger partial charge in [-0.1, -0.05) is 64.2 Å². The molecule has 0 amide bonds. The minimum absolute atomic E-state index is 0.136. The highest BCUT2D eigenvalue weighted by atomic mass is 28.3. The van der Waals surface area contributed by atoms with Gasteiger partial charge < -0.3 is 0 Å². The number of hydrogen-bond donors (Lipinski definition) is 0. The molecule has 2 heterocycles. The van der Waals surface area contributed by atoms with Gasteiger partial charge >= 0.3 is 0 Å². The zero-order valence-corrected chi connectivity index (χ0v) is 22.8. The summed E-state index contributed by atoms with van der Waals surface area (Å²) in [5.41, 5.74) is 9.93. The molecular formula is C30H42NSi+. The van der Waals surface area contributed by atoms with Crippen LogP contribution in [0.1, 0.15) is 67.5 Å². The zero-order chi connectivity index (χ0) is 23.4. The Hall–Kier alpha value is -1.93. The second-order valence-corrected chi connectivity index (χ2v) is 17.5. The number of aryl methyl sites for hydroxylation is 2. The molecular weight excluding hydrogens is 402 g/mol. The minimum Gasteiger partial charge on any atom is -0.198 e. The quantitative estimate of drug-likeness (QED) is 0.277. The summed E-state index contributed by atoms with van der Waals surface area (Å²) in [5, 5.41) is 2.77. The Balaban J connectivity index is 1.88. The molecule has 1 aliphatic heterocycles. The van der Waals surface area contributed by atoms with Gasteiger partial charge in [-0.15, -0.1) is 0 Å². The zero-order valence-electron chi connectivity index (χ0n) is 21.8. The lowest BCUT2D eigenvalue weighted by Crippen LogP contribution is -2.35. The van der Waals surface area contributed by atoms with Gasteiger partial charge in [-0.2, -0.15) is 4.57 Å². The Morgan fingerprint density at radius 1 is 0.906 bits per heavy atom. The Morgan fingerprint density at radius 3 is 2.19 bits per heavy atom. The molecule has 32 heavy (non-hydrogen) atoms. The molecule has 1 aliphatic rings. The number of rotatable bonds is 2. The van der Waals surface area contributed by atoms with Crippen molar-refractivity contribution in [3.63, 3.8) is 0 Å². The van der Waals surface area contributed by atoms with E-state index in [2.05, 4.69) is 103 Å². The SMILES string of the molecule is Cc1cc(C(C)(C)C)cc(-c2c3ccc(C4CC[Si](C)(C)CC4)cc3cc(C)[n+]2C)c1C. The fourth-order valence-electron chi connectivity index (χ4n) is 5.45. The van der Waals surface area contributed by atoms with E-state index in [4.69, 9.17) is 0 Å². The molecule has 0 unspecified atom stereocenters. The molecule has 1 fully saturated rings. The van der Waals surface area contributed by atoms with Crippen molar-refractivity contribution < 1.29 is 4.57 Å². The second kappa shape index (κ2) is 8.13. The monoisotopic (exact) mass is 444 g/mol. The van der Waals surface area contributed by atoms with Crippen molar-refractivity contribution in [2.24, 2.45) is 7.05 Å². The standard InChI is InChI=1S/C30H42NSi/c1-20-16-26(30(4,5)6)19-28(22(20)3)29-27-11-10-24(18-25(27)17-21(2)31(29)7)23-12-14-32(8,9)15-13-23/h10-11,16-19,23H,12-15H2,1-9H3/q+1. The van der Waals surface area contributed by atoms with Gasteiger partial charge in [-0.05, 0) is 77.8 Å². The third-order valence-electron chi connectivity index (χ3n) is 8.16. The number of hydrogen-bond acceptors (Lipinski definition) is 0. The first-order valence-corrected chi connectivity index (χ1v) is 15.8. The molecule has 2 heteroatoms. The Labute approximate surface area is 196 Å². The van der Waals surface area contributed by atoms with Gasteiger partial charge in [-0.25, -0.2) is 0 Å². The van der Waals surface area contributed by atoms with Crippen LogP contribution in [-0.4, -0.2) is 8.07 Å². The summed E-state index contributed by atoms with van der Waals surface area (Å²) in [4.78, 5) is 0. The van der Waals surface area contributed by atoms with Gasteiger partial charge in [0.25, 0.3) is 0 Å². The predicted octanol–water partition coefficient (Wildman–Crippen LogP) is 8.14. The third-order valence-corrected chi connectivity index (χ3v) is 11.4. The fraction of sp³-hybridized carbons (Fsp3) is 0.500. The van der Waals surface area contributed by atoms with Crippen molar-refractivity contribution in [2.75, 3.05) is 0 Å². The normalized spacial score (nSPS) is 17.2. The van der Waals surface area contributed by atoms with Crippen molar-refractivity contribution in [1.82, 2.24) is 0 Å². The minimum atomic E-state index is -0.924. The van der Waals surface area contributed by atoms with Crippen LogP contribution in [-0.2, 0) is 12.5 Å². The molecule has 0 saturated carbocycles. The summed E-state index contributed by atoms with van der Waals surface area (Å²) in [6.07, 6.45) is 2.76. The van der Waals surface area contributed by atoms with E-state index in [1.165, 1.54) is 69.3 Å². The highest BCUT2D eigenvalue weighted by Crippen LogP contribution is 2.40. The van der Waals surface area contributed by atoms with E-state index in [9.17, 15) is 0 Å². The van der Waals surface area contributed by atoms with Crippen LogP contribution < -0.4 is 4.57 Å². The summed E-state index contributed by atoms with van der Waals surface area (Å²) in [7, 11) is 1.30. The summed E-state index contributed by atoms with van der Waals surface area (Å²) < 4.78 is 2.39. The summed E-state index contributed by atoms with van der Waals surface area (Å²) in [6, 6.07) is 17.5. The molecule has 0 atom stereocenters. The van der Waals surface area contributed by atoms with Gasteiger partial charge in [0.15, 0.2) is 5.69 Å². The smallest absolute Gasteiger partial charge is 0.198 e. The van der Waals surface area contributed by atoms with E-state index in [1.807, 2.05) is 0 Å². The van der Waals surface area contributed by atoms with E-state index >= 15 is 0 Å². The van der Waals surface area contributed by atoms with E-state index in [1.54, 1.807) is 5.56 Å². The topological polar surface area (TPSA) is 3.88 Å². The van der Waals surface area contributed by atoms with Crippen LogP contribution in [0.4, 0.5) is 0 Å². The van der Waals surface area contributed by atoms with Crippen LogP contribution in [0, 0.1) is 20.8 Å². The Kier molecular flexibility index (Phi) is 5.90. The molecule has 3 aromatic rings. The maximum absolute atomic E-state index is 2.56. The Morgan fingerprint density at radius 2 is 1.56 bits per heavy atom. The maximum Gasteiger partial charge on any atom is 0.220 e. The fourth-order valence-corrected chi connectivity index (χ4v) is 7.96. The molecule has 0 spiro atoms. The first-order valence-electron chi connectivity index (χ1n) is 12.4. The molecule has 2 aromatic carbocycles. The lowest BCUT2D eigenvalue weighted by atomic mass is 9.82. The van der Waals surface area contributed by atoms with Gasteiger partial charge in [0.2, 0.25) is 5.69 Å². The number of pyridine rings is 1. The van der Waals surface area contributed by atoms with Crippen LogP contribution in [0.3, 0.4) is 0 Å². The first kappa shape index (κ1) is 23.2. The van der Waals surface area contributed by atoms with Crippen LogP contribution in [0.2, 0.25) is 25.2 Å². The number of benzene rings is 2. The molecule has 1 saturated heterocycles. The number of fused-ring (bicyclic) bond motifs is 1. The summed E-state index contributed by atoms with van der Waals surface area (Å²) in [6.45, 7) is 18.9. The predicted molar refractivity (Wildman–Crippen MR) is 143 cm³/mol. The molecule has 1 nitrogen and oxygen atoms in total. The lowest BCUT2D eigenvalue weighted by molar-refractivity contribution is -0.665. The largest absolute Gasteiger partial charge is 0.220 e. The van der Waals surface area contributed by atoms with E-state index in [-0.39, 0.29) is 5.41 Å². The Bertz CT molecular complexity index is 1170. The van der Waals surface area contributed by atoms with Crippen molar-refractivity contribution in [2.45, 2.75) is 90.9 Å². The second-order valence-electron chi connectivity index (χ2n) is 12.2. The van der Waals surface area contributed by atoms with Crippen LogP contribution >= 0.6 is 0 Å². The van der Waals surface area contributed by atoms with Gasteiger partial charge in [0.05, 0.1) is 10.9 Å². The first-order chi connectivity index (χ1) is 14.9. The van der Waals surface area contributed by atoms with E-state index in [0.29, 0.717) is 0 Å². The van der Waals surface area contributed by atoms with E-state index < -0.39 is 8.07 Å². The highest BCUT2D eigenvalue weighted by Gasteiger charge is 2.30. The van der Waals surface area contributed by atoms with Crippen molar-refractivity contribution in [3.8, 4) is 11.3 Å². The van der Waals surface area contributed by atoms with Gasteiger partial charge in [0.1, 0.15) is 7.05 Å². The maximum atomic E-state index is 2.56. The highest BCUT2D eigenvalue weighted by molar-refractivity contribution is 6.77. The molecule has 0 radical (unpaired) electrons. The molecule has 4 rings (SSSR count). The van der Waals surface area contributed by atoms with Crippen LogP contribution in [0.5, 0.6) is 0 Å². The lowest BCUT2D eigenvalue weighted by Gasteiger charge is -2.33. The molecule has 0 N–H and O–H groups in total.